The highest BCUT2D eigenvalue weighted by molar-refractivity contribution is 6.21. The largest absolute Gasteiger partial charge is 0.393 e. The summed E-state index contributed by atoms with van der Waals surface area (Å²) in [5.74, 6) is -1.91. The topological polar surface area (TPSA) is 40.6 Å². The maximum atomic E-state index is 12.8. The summed E-state index contributed by atoms with van der Waals surface area (Å²) in [6, 6.07) is 6.65. The second-order valence-corrected chi connectivity index (χ2v) is 6.34. The SMILES string of the molecule is O=C1c2ccccc2C(=O)N1CCCN1CCCC(C(F)(F)F)C1. The van der Waals surface area contributed by atoms with E-state index in [2.05, 4.69) is 0 Å². The molecule has 24 heavy (non-hydrogen) atoms. The maximum Gasteiger partial charge on any atom is 0.393 e. The summed E-state index contributed by atoms with van der Waals surface area (Å²) in [4.78, 5) is 27.4. The Morgan fingerprint density at radius 3 is 2.25 bits per heavy atom. The zero-order valence-corrected chi connectivity index (χ0v) is 13.2. The molecule has 0 saturated carbocycles. The van der Waals surface area contributed by atoms with E-state index in [0.717, 1.165) is 0 Å². The first kappa shape index (κ1) is 17.0. The monoisotopic (exact) mass is 340 g/mol. The van der Waals surface area contributed by atoms with Gasteiger partial charge in [0.25, 0.3) is 11.8 Å². The minimum Gasteiger partial charge on any atom is -0.303 e. The van der Waals surface area contributed by atoms with Gasteiger partial charge in [0.2, 0.25) is 0 Å². The molecule has 3 rings (SSSR count). The van der Waals surface area contributed by atoms with Crippen molar-refractivity contribution in [1.82, 2.24) is 9.80 Å². The van der Waals surface area contributed by atoms with E-state index in [1.165, 1.54) is 4.90 Å². The van der Waals surface area contributed by atoms with Gasteiger partial charge in [-0.1, -0.05) is 12.1 Å². The number of imide groups is 1. The number of rotatable bonds is 4. The number of piperidine rings is 1. The van der Waals surface area contributed by atoms with Crippen LogP contribution in [0.5, 0.6) is 0 Å². The summed E-state index contributed by atoms with van der Waals surface area (Å²) < 4.78 is 38.4. The fraction of sp³-hybridized carbons (Fsp3) is 0.529. The summed E-state index contributed by atoms with van der Waals surface area (Å²) in [5.41, 5.74) is 0.801. The van der Waals surface area contributed by atoms with Crippen LogP contribution in [0.15, 0.2) is 24.3 Å². The van der Waals surface area contributed by atoms with Gasteiger partial charge >= 0.3 is 6.18 Å². The minimum atomic E-state index is -4.15. The number of alkyl halides is 3. The Morgan fingerprint density at radius 2 is 1.67 bits per heavy atom. The number of nitrogens with zero attached hydrogens (tertiary/aromatic N) is 2. The molecule has 2 amide bonds. The van der Waals surface area contributed by atoms with Gasteiger partial charge in [0, 0.05) is 13.1 Å². The third kappa shape index (κ3) is 3.31. The van der Waals surface area contributed by atoms with Crippen LogP contribution in [0.3, 0.4) is 0 Å². The van der Waals surface area contributed by atoms with Crippen molar-refractivity contribution in [3.63, 3.8) is 0 Å². The summed E-state index contributed by atoms with van der Waals surface area (Å²) in [5, 5.41) is 0. The van der Waals surface area contributed by atoms with Crippen molar-refractivity contribution in [3.8, 4) is 0 Å². The Bertz CT molecular complexity index is 610. The number of halogens is 3. The molecule has 130 valence electrons. The zero-order chi connectivity index (χ0) is 17.3. The van der Waals surface area contributed by atoms with Gasteiger partial charge in [-0.3, -0.25) is 14.5 Å². The third-order valence-electron chi connectivity index (χ3n) is 4.70. The summed E-state index contributed by atoms with van der Waals surface area (Å²) in [7, 11) is 0. The zero-order valence-electron chi connectivity index (χ0n) is 13.2. The predicted octanol–water partition coefficient (Wildman–Crippen LogP) is 2.95. The Kier molecular flexibility index (Phi) is 4.62. The van der Waals surface area contributed by atoms with E-state index < -0.39 is 12.1 Å². The van der Waals surface area contributed by atoms with Crippen molar-refractivity contribution in [2.75, 3.05) is 26.2 Å². The second-order valence-electron chi connectivity index (χ2n) is 6.34. The summed E-state index contributed by atoms with van der Waals surface area (Å²) >= 11 is 0. The fourth-order valence-electron chi connectivity index (χ4n) is 3.42. The van der Waals surface area contributed by atoms with Crippen molar-refractivity contribution >= 4 is 11.8 Å². The van der Waals surface area contributed by atoms with E-state index in [0.29, 0.717) is 37.1 Å². The lowest BCUT2D eigenvalue weighted by Gasteiger charge is -2.33. The number of carbonyl (C=O) groups excluding carboxylic acids is 2. The summed E-state index contributed by atoms with van der Waals surface area (Å²) in [6.07, 6.45) is -2.97. The van der Waals surface area contributed by atoms with E-state index in [1.807, 2.05) is 0 Å². The fourth-order valence-corrected chi connectivity index (χ4v) is 3.42. The molecule has 0 bridgehead atoms. The smallest absolute Gasteiger partial charge is 0.303 e. The highest BCUT2D eigenvalue weighted by Gasteiger charge is 2.41. The molecular formula is C17H19F3N2O2. The van der Waals surface area contributed by atoms with Crippen molar-refractivity contribution in [1.29, 1.82) is 0 Å². The first-order valence-corrected chi connectivity index (χ1v) is 8.12. The molecule has 1 atom stereocenters. The van der Waals surface area contributed by atoms with E-state index in [9.17, 15) is 22.8 Å². The lowest BCUT2D eigenvalue weighted by atomic mass is 9.97. The van der Waals surface area contributed by atoms with Crippen molar-refractivity contribution in [2.24, 2.45) is 5.92 Å². The minimum absolute atomic E-state index is 0.00557. The maximum absolute atomic E-state index is 12.8. The van der Waals surface area contributed by atoms with Crippen LogP contribution in [0.2, 0.25) is 0 Å². The van der Waals surface area contributed by atoms with Crippen LogP contribution < -0.4 is 0 Å². The molecule has 2 aliphatic heterocycles. The first-order valence-electron chi connectivity index (χ1n) is 8.12. The lowest BCUT2D eigenvalue weighted by molar-refractivity contribution is -0.186. The van der Waals surface area contributed by atoms with Gasteiger partial charge in [-0.05, 0) is 44.5 Å². The number of fused-ring (bicyclic) bond motifs is 1. The molecule has 0 radical (unpaired) electrons. The Labute approximate surface area is 138 Å². The molecule has 1 saturated heterocycles. The van der Waals surface area contributed by atoms with Gasteiger partial charge in [-0.2, -0.15) is 13.2 Å². The quantitative estimate of drug-likeness (QED) is 0.792. The van der Waals surface area contributed by atoms with Crippen molar-refractivity contribution in [3.05, 3.63) is 35.4 Å². The van der Waals surface area contributed by atoms with Crippen LogP contribution in [0.1, 0.15) is 40.0 Å². The normalized spacial score (nSPS) is 22.1. The van der Waals surface area contributed by atoms with Crippen LogP contribution >= 0.6 is 0 Å². The molecule has 1 fully saturated rings. The standard InChI is InChI=1S/C17H19F3N2O2/c18-17(19,20)12-5-3-8-21(11-12)9-4-10-22-15(23)13-6-1-2-7-14(13)16(22)24/h1-2,6-7,12H,3-5,8-11H2. The average molecular weight is 340 g/mol. The van der Waals surface area contributed by atoms with Crippen molar-refractivity contribution < 1.29 is 22.8 Å². The lowest BCUT2D eigenvalue weighted by Crippen LogP contribution is -2.42. The predicted molar refractivity (Wildman–Crippen MR) is 81.6 cm³/mol. The van der Waals surface area contributed by atoms with Gasteiger partial charge in [0.1, 0.15) is 0 Å². The van der Waals surface area contributed by atoms with Crippen LogP contribution in [0.4, 0.5) is 13.2 Å². The second kappa shape index (κ2) is 6.55. The van der Waals surface area contributed by atoms with E-state index >= 15 is 0 Å². The molecule has 4 nitrogen and oxygen atoms in total. The third-order valence-corrected chi connectivity index (χ3v) is 4.70. The van der Waals surface area contributed by atoms with Gasteiger partial charge in [0.15, 0.2) is 0 Å². The summed E-state index contributed by atoms with van der Waals surface area (Å²) in [6.45, 7) is 1.33. The van der Waals surface area contributed by atoms with Gasteiger partial charge in [-0.25, -0.2) is 0 Å². The number of hydrogen-bond donors (Lipinski definition) is 0. The van der Waals surface area contributed by atoms with Crippen LogP contribution in [-0.4, -0.2) is 54.0 Å². The van der Waals surface area contributed by atoms with Gasteiger partial charge < -0.3 is 4.90 Å². The number of likely N-dealkylation sites (tertiary alicyclic amines) is 1. The molecule has 0 aliphatic carbocycles. The van der Waals surface area contributed by atoms with E-state index in [4.69, 9.17) is 0 Å². The molecule has 1 aromatic rings. The Morgan fingerprint density at radius 1 is 1.04 bits per heavy atom. The molecule has 1 aromatic carbocycles. The number of hydrogen-bond acceptors (Lipinski definition) is 3. The van der Waals surface area contributed by atoms with Crippen LogP contribution in [0, 0.1) is 5.92 Å². The number of carbonyl (C=O) groups is 2. The van der Waals surface area contributed by atoms with E-state index in [-0.39, 0.29) is 31.3 Å². The highest BCUT2D eigenvalue weighted by Crippen LogP contribution is 2.33. The Hall–Kier alpha value is -1.89. The molecule has 7 heteroatoms. The highest BCUT2D eigenvalue weighted by atomic mass is 19.4. The number of benzene rings is 1. The molecule has 0 aromatic heterocycles. The van der Waals surface area contributed by atoms with Crippen LogP contribution in [0.25, 0.3) is 0 Å². The molecule has 1 unspecified atom stereocenters. The van der Waals surface area contributed by atoms with Crippen molar-refractivity contribution in [2.45, 2.75) is 25.4 Å². The van der Waals surface area contributed by atoms with E-state index in [1.54, 1.807) is 29.2 Å². The molecular weight excluding hydrogens is 321 g/mol. The molecule has 2 aliphatic rings. The average Bonchev–Trinajstić information content (AvgIpc) is 2.80. The van der Waals surface area contributed by atoms with Gasteiger partial charge in [0.05, 0.1) is 17.0 Å². The number of amides is 2. The Balaban J connectivity index is 1.53. The van der Waals surface area contributed by atoms with Crippen LogP contribution in [-0.2, 0) is 0 Å². The molecule has 0 spiro atoms. The molecule has 0 N–H and O–H groups in total. The molecule has 2 heterocycles. The first-order chi connectivity index (χ1) is 11.4. The van der Waals surface area contributed by atoms with Gasteiger partial charge in [-0.15, -0.1) is 0 Å².